The van der Waals surface area contributed by atoms with Crippen LogP contribution in [0.25, 0.3) is 0 Å². The van der Waals surface area contributed by atoms with Crippen molar-refractivity contribution >= 4 is 35.0 Å². The first-order valence-corrected chi connectivity index (χ1v) is 10.0. The third-order valence-electron chi connectivity index (χ3n) is 5.51. The molecule has 3 rings (SSSR count). The van der Waals surface area contributed by atoms with Gasteiger partial charge in [0.2, 0.25) is 11.8 Å². The van der Waals surface area contributed by atoms with Crippen LogP contribution in [0.2, 0.25) is 10.0 Å². The number of piperidine rings is 1. The van der Waals surface area contributed by atoms with E-state index in [4.69, 9.17) is 23.2 Å². The van der Waals surface area contributed by atoms with Gasteiger partial charge in [0.15, 0.2) is 0 Å². The number of benzene rings is 1. The lowest BCUT2D eigenvalue weighted by Gasteiger charge is -2.37. The van der Waals surface area contributed by atoms with Gasteiger partial charge in [0.05, 0.1) is 36.2 Å². The molecule has 2 saturated heterocycles. The van der Waals surface area contributed by atoms with Crippen LogP contribution in [0.3, 0.4) is 0 Å². The van der Waals surface area contributed by atoms with Crippen LogP contribution in [0.1, 0.15) is 25.3 Å². The van der Waals surface area contributed by atoms with E-state index in [9.17, 15) is 9.59 Å². The SMILES string of the molecule is CC(=O)N1CCC(C(=O)N2CC[NH+](Cc3ccc(Cl)c(Cl)c3)CC2)CC1. The average molecular weight is 399 g/mol. The normalized spacial score (nSPS) is 19.7. The zero-order valence-electron chi connectivity index (χ0n) is 15.1. The maximum atomic E-state index is 12.8. The molecule has 142 valence electrons. The molecular formula is C19H26Cl2N3O2+. The topological polar surface area (TPSA) is 45.1 Å². The molecule has 0 radical (unpaired) electrons. The van der Waals surface area contributed by atoms with Crippen molar-refractivity contribution in [2.24, 2.45) is 5.92 Å². The highest BCUT2D eigenvalue weighted by molar-refractivity contribution is 6.42. The molecule has 0 atom stereocenters. The van der Waals surface area contributed by atoms with Gasteiger partial charge in [-0.05, 0) is 25.0 Å². The van der Waals surface area contributed by atoms with E-state index in [1.54, 1.807) is 6.92 Å². The number of carbonyl (C=O) groups excluding carboxylic acids is 2. The second kappa shape index (κ2) is 8.59. The zero-order valence-corrected chi connectivity index (χ0v) is 16.7. The second-order valence-corrected chi connectivity index (χ2v) is 8.10. The minimum Gasteiger partial charge on any atom is -0.343 e. The van der Waals surface area contributed by atoms with Crippen molar-refractivity contribution in [1.29, 1.82) is 0 Å². The summed E-state index contributed by atoms with van der Waals surface area (Å²) in [6.07, 6.45) is 1.57. The molecule has 0 spiro atoms. The Morgan fingerprint density at radius 3 is 2.27 bits per heavy atom. The maximum absolute atomic E-state index is 12.8. The lowest BCUT2D eigenvalue weighted by molar-refractivity contribution is -0.917. The molecule has 0 aliphatic carbocycles. The first-order valence-electron chi connectivity index (χ1n) is 9.26. The minimum absolute atomic E-state index is 0.0715. The number of halogens is 2. The predicted molar refractivity (Wildman–Crippen MR) is 102 cm³/mol. The molecule has 1 N–H and O–H groups in total. The third kappa shape index (κ3) is 4.70. The number of nitrogens with zero attached hydrogens (tertiary/aromatic N) is 2. The highest BCUT2D eigenvalue weighted by Crippen LogP contribution is 2.22. The summed E-state index contributed by atoms with van der Waals surface area (Å²) >= 11 is 12.1. The van der Waals surface area contributed by atoms with Crippen molar-refractivity contribution in [3.8, 4) is 0 Å². The lowest BCUT2D eigenvalue weighted by Crippen LogP contribution is -3.13. The molecule has 2 heterocycles. The molecule has 0 saturated carbocycles. The van der Waals surface area contributed by atoms with Gasteiger partial charge < -0.3 is 14.7 Å². The summed E-state index contributed by atoms with van der Waals surface area (Å²) in [5.74, 6) is 0.444. The first-order chi connectivity index (χ1) is 12.4. The lowest BCUT2D eigenvalue weighted by atomic mass is 9.95. The van der Waals surface area contributed by atoms with Gasteiger partial charge in [0.1, 0.15) is 6.54 Å². The molecule has 0 bridgehead atoms. The number of carbonyl (C=O) groups is 2. The van der Waals surface area contributed by atoms with Gasteiger partial charge in [-0.15, -0.1) is 0 Å². The molecule has 2 aliphatic heterocycles. The van der Waals surface area contributed by atoms with Gasteiger partial charge in [0.25, 0.3) is 0 Å². The van der Waals surface area contributed by atoms with Gasteiger partial charge in [0, 0.05) is 31.5 Å². The van der Waals surface area contributed by atoms with E-state index in [1.807, 2.05) is 28.0 Å². The van der Waals surface area contributed by atoms with Crippen LogP contribution in [0, 0.1) is 5.92 Å². The van der Waals surface area contributed by atoms with E-state index in [2.05, 4.69) is 0 Å². The summed E-state index contributed by atoms with van der Waals surface area (Å²) in [7, 11) is 0. The van der Waals surface area contributed by atoms with Gasteiger partial charge in [-0.25, -0.2) is 0 Å². The van der Waals surface area contributed by atoms with E-state index >= 15 is 0 Å². The minimum atomic E-state index is 0.0715. The van der Waals surface area contributed by atoms with Gasteiger partial charge in [-0.1, -0.05) is 29.3 Å². The highest BCUT2D eigenvalue weighted by atomic mass is 35.5. The molecule has 26 heavy (non-hydrogen) atoms. The quantitative estimate of drug-likeness (QED) is 0.837. The first kappa shape index (κ1) is 19.5. The monoisotopic (exact) mass is 398 g/mol. The Hall–Kier alpha value is -1.30. The number of hydrogen-bond acceptors (Lipinski definition) is 2. The molecule has 5 nitrogen and oxygen atoms in total. The van der Waals surface area contributed by atoms with Crippen LogP contribution in [-0.2, 0) is 16.1 Å². The second-order valence-electron chi connectivity index (χ2n) is 7.28. The van der Waals surface area contributed by atoms with Crippen molar-refractivity contribution in [3.05, 3.63) is 33.8 Å². The molecule has 1 aromatic carbocycles. The number of hydrogen-bond donors (Lipinski definition) is 1. The number of piperazine rings is 1. The molecule has 0 unspecified atom stereocenters. The van der Waals surface area contributed by atoms with Crippen molar-refractivity contribution in [2.75, 3.05) is 39.3 Å². The summed E-state index contributed by atoms with van der Waals surface area (Å²) in [6.45, 7) is 7.37. The van der Waals surface area contributed by atoms with Crippen molar-refractivity contribution in [1.82, 2.24) is 9.80 Å². The maximum Gasteiger partial charge on any atom is 0.226 e. The van der Waals surface area contributed by atoms with Crippen LogP contribution in [0.5, 0.6) is 0 Å². The number of rotatable bonds is 3. The molecule has 0 aromatic heterocycles. The highest BCUT2D eigenvalue weighted by Gasteiger charge is 2.32. The summed E-state index contributed by atoms with van der Waals surface area (Å²) in [6, 6.07) is 5.78. The van der Waals surface area contributed by atoms with Crippen molar-refractivity contribution < 1.29 is 14.5 Å². The van der Waals surface area contributed by atoms with Crippen LogP contribution >= 0.6 is 23.2 Å². The van der Waals surface area contributed by atoms with Crippen LogP contribution in [-0.4, -0.2) is 60.9 Å². The van der Waals surface area contributed by atoms with Gasteiger partial charge >= 0.3 is 0 Å². The Kier molecular flexibility index (Phi) is 6.43. The fourth-order valence-corrected chi connectivity index (χ4v) is 4.18. The standard InChI is InChI=1S/C19H25Cl2N3O2/c1-14(25)23-6-4-16(5-7-23)19(26)24-10-8-22(9-11-24)13-15-2-3-17(20)18(21)12-15/h2-3,12,16H,4-11,13H2,1H3/p+1. The molecule has 1 aromatic rings. The van der Waals surface area contributed by atoms with E-state index in [0.29, 0.717) is 23.1 Å². The summed E-state index contributed by atoms with van der Waals surface area (Å²) in [5, 5.41) is 1.17. The molecule has 7 heteroatoms. The summed E-state index contributed by atoms with van der Waals surface area (Å²) < 4.78 is 0. The largest absolute Gasteiger partial charge is 0.343 e. The van der Waals surface area contributed by atoms with E-state index < -0.39 is 0 Å². The number of nitrogens with one attached hydrogen (secondary N) is 1. The Morgan fingerprint density at radius 1 is 1.04 bits per heavy atom. The Labute approximate surface area is 164 Å². The van der Waals surface area contributed by atoms with Crippen LogP contribution in [0.4, 0.5) is 0 Å². The van der Waals surface area contributed by atoms with Crippen LogP contribution in [0.15, 0.2) is 18.2 Å². The van der Waals surface area contributed by atoms with Crippen molar-refractivity contribution in [2.45, 2.75) is 26.3 Å². The molecule has 2 fully saturated rings. The number of likely N-dealkylation sites (tertiary alicyclic amines) is 1. The van der Waals surface area contributed by atoms with E-state index in [0.717, 1.165) is 45.6 Å². The molecular weight excluding hydrogens is 373 g/mol. The molecule has 2 amide bonds. The van der Waals surface area contributed by atoms with Crippen LogP contribution < -0.4 is 4.90 Å². The fourth-order valence-electron chi connectivity index (χ4n) is 3.86. The van der Waals surface area contributed by atoms with E-state index in [-0.39, 0.29) is 17.7 Å². The van der Waals surface area contributed by atoms with Gasteiger partial charge in [-0.3, -0.25) is 9.59 Å². The number of amides is 2. The Bertz CT molecular complexity index is 667. The Balaban J connectivity index is 1.46. The fraction of sp³-hybridized carbons (Fsp3) is 0.579. The third-order valence-corrected chi connectivity index (χ3v) is 6.25. The van der Waals surface area contributed by atoms with Crippen molar-refractivity contribution in [3.63, 3.8) is 0 Å². The number of quaternary nitrogens is 1. The molecule has 2 aliphatic rings. The van der Waals surface area contributed by atoms with Gasteiger partial charge in [-0.2, -0.15) is 0 Å². The predicted octanol–water partition coefficient (Wildman–Crippen LogP) is 1.48. The summed E-state index contributed by atoms with van der Waals surface area (Å²) in [4.78, 5) is 29.5. The smallest absolute Gasteiger partial charge is 0.226 e. The van der Waals surface area contributed by atoms with E-state index in [1.165, 1.54) is 10.5 Å². The Morgan fingerprint density at radius 2 is 1.69 bits per heavy atom. The average Bonchev–Trinajstić information content (AvgIpc) is 2.65. The zero-order chi connectivity index (χ0) is 18.7. The summed E-state index contributed by atoms with van der Waals surface area (Å²) in [5.41, 5.74) is 1.17.